The monoisotopic (exact) mass is 305 g/mol. The van der Waals surface area contributed by atoms with E-state index in [9.17, 15) is 4.79 Å². The number of halogens is 1. The van der Waals surface area contributed by atoms with Crippen molar-refractivity contribution >= 4 is 23.3 Å². The first-order valence-corrected chi connectivity index (χ1v) is 6.87. The summed E-state index contributed by atoms with van der Waals surface area (Å²) < 4.78 is 10.4. The second-order valence-corrected chi connectivity index (χ2v) is 4.86. The first-order valence-electron chi connectivity index (χ1n) is 6.49. The number of benzene rings is 2. The lowest BCUT2D eigenvalue weighted by atomic mass is 10.1. The van der Waals surface area contributed by atoms with Crippen LogP contribution in [0.5, 0.6) is 11.5 Å². The maximum atomic E-state index is 11.6. The topological polar surface area (TPSA) is 61.5 Å². The molecule has 0 saturated heterocycles. The second kappa shape index (κ2) is 6.50. The molecule has 0 fully saturated rings. The van der Waals surface area contributed by atoms with Gasteiger partial charge in [0.2, 0.25) is 0 Å². The molecule has 4 nitrogen and oxygen atoms in total. The summed E-state index contributed by atoms with van der Waals surface area (Å²) in [6.07, 6.45) is 0.811. The van der Waals surface area contributed by atoms with E-state index in [1.54, 1.807) is 30.3 Å². The standard InChI is InChI=1S/C16H16ClNO3/c1-3-10-8-11(4-6-14(10)17)21-12-5-7-15(18)13(9-12)16(19)20-2/h4-9H,3,18H2,1-2H3. The molecule has 0 spiro atoms. The molecule has 0 aromatic heterocycles. The molecule has 2 aromatic carbocycles. The molecule has 21 heavy (non-hydrogen) atoms. The lowest BCUT2D eigenvalue weighted by Crippen LogP contribution is -2.05. The average molecular weight is 306 g/mol. The Morgan fingerprint density at radius 1 is 1.19 bits per heavy atom. The summed E-state index contributed by atoms with van der Waals surface area (Å²) in [5.74, 6) is 0.661. The van der Waals surface area contributed by atoms with Crippen LogP contribution in [0.4, 0.5) is 5.69 Å². The molecule has 0 bridgehead atoms. The van der Waals surface area contributed by atoms with Gasteiger partial charge in [-0.25, -0.2) is 4.79 Å². The number of hydrogen-bond donors (Lipinski definition) is 1. The number of anilines is 1. The molecule has 0 saturated carbocycles. The zero-order chi connectivity index (χ0) is 15.4. The first kappa shape index (κ1) is 15.2. The van der Waals surface area contributed by atoms with Crippen LogP contribution in [0.2, 0.25) is 5.02 Å². The third-order valence-electron chi connectivity index (χ3n) is 3.06. The zero-order valence-corrected chi connectivity index (χ0v) is 12.6. The Morgan fingerprint density at radius 3 is 2.52 bits per heavy atom. The Balaban J connectivity index is 2.29. The van der Waals surface area contributed by atoms with Crippen molar-refractivity contribution in [2.24, 2.45) is 0 Å². The van der Waals surface area contributed by atoms with E-state index in [1.165, 1.54) is 7.11 Å². The fourth-order valence-electron chi connectivity index (χ4n) is 1.91. The molecule has 0 aliphatic heterocycles. The normalized spacial score (nSPS) is 10.2. The van der Waals surface area contributed by atoms with Crippen LogP contribution in [0.3, 0.4) is 0 Å². The summed E-state index contributed by atoms with van der Waals surface area (Å²) in [6.45, 7) is 2.02. The average Bonchev–Trinajstić information content (AvgIpc) is 2.50. The molecule has 2 rings (SSSR count). The molecule has 2 aromatic rings. The number of hydrogen-bond acceptors (Lipinski definition) is 4. The van der Waals surface area contributed by atoms with E-state index in [0.717, 1.165) is 12.0 Å². The molecular formula is C16H16ClNO3. The van der Waals surface area contributed by atoms with Gasteiger partial charge in [0.25, 0.3) is 0 Å². The van der Waals surface area contributed by atoms with Crippen molar-refractivity contribution in [1.29, 1.82) is 0 Å². The van der Waals surface area contributed by atoms with E-state index in [-0.39, 0.29) is 5.56 Å². The van der Waals surface area contributed by atoms with Gasteiger partial charge in [-0.05, 0) is 48.4 Å². The van der Waals surface area contributed by atoms with Crippen molar-refractivity contribution in [3.63, 3.8) is 0 Å². The van der Waals surface area contributed by atoms with Gasteiger partial charge < -0.3 is 15.2 Å². The highest BCUT2D eigenvalue weighted by Crippen LogP contribution is 2.28. The highest BCUT2D eigenvalue weighted by Gasteiger charge is 2.12. The molecule has 0 atom stereocenters. The van der Waals surface area contributed by atoms with E-state index in [4.69, 9.17) is 22.1 Å². The molecule has 0 aliphatic rings. The largest absolute Gasteiger partial charge is 0.465 e. The van der Waals surface area contributed by atoms with Gasteiger partial charge >= 0.3 is 5.97 Å². The van der Waals surface area contributed by atoms with Gasteiger partial charge in [-0.1, -0.05) is 18.5 Å². The van der Waals surface area contributed by atoms with Gasteiger partial charge in [-0.15, -0.1) is 0 Å². The van der Waals surface area contributed by atoms with Gasteiger partial charge in [0, 0.05) is 10.7 Å². The minimum Gasteiger partial charge on any atom is -0.465 e. The van der Waals surface area contributed by atoms with Crippen LogP contribution in [0, 0.1) is 0 Å². The molecular weight excluding hydrogens is 290 g/mol. The van der Waals surface area contributed by atoms with Gasteiger partial charge in [-0.2, -0.15) is 0 Å². The molecule has 0 radical (unpaired) electrons. The number of ether oxygens (including phenoxy) is 2. The number of aryl methyl sites for hydroxylation is 1. The molecule has 0 amide bonds. The van der Waals surface area contributed by atoms with Gasteiger partial charge in [0.1, 0.15) is 11.5 Å². The van der Waals surface area contributed by atoms with Crippen molar-refractivity contribution in [3.8, 4) is 11.5 Å². The van der Waals surface area contributed by atoms with Gasteiger partial charge in [0.05, 0.1) is 12.7 Å². The summed E-state index contributed by atoms with van der Waals surface area (Å²) in [4.78, 5) is 11.6. The van der Waals surface area contributed by atoms with E-state index in [0.29, 0.717) is 22.2 Å². The van der Waals surface area contributed by atoms with Crippen molar-refractivity contribution in [1.82, 2.24) is 0 Å². The number of carbonyl (C=O) groups excluding carboxylic acids is 1. The van der Waals surface area contributed by atoms with Crippen LogP contribution in [0.1, 0.15) is 22.8 Å². The fourth-order valence-corrected chi connectivity index (χ4v) is 2.16. The highest BCUT2D eigenvalue weighted by atomic mass is 35.5. The van der Waals surface area contributed by atoms with Crippen molar-refractivity contribution < 1.29 is 14.3 Å². The summed E-state index contributed by atoms with van der Waals surface area (Å²) >= 11 is 6.07. The minimum absolute atomic E-state index is 0.277. The van der Waals surface area contributed by atoms with Crippen LogP contribution >= 0.6 is 11.6 Å². The maximum absolute atomic E-state index is 11.6. The first-order chi connectivity index (χ1) is 10.0. The van der Waals surface area contributed by atoms with Gasteiger partial charge in [-0.3, -0.25) is 0 Å². The second-order valence-electron chi connectivity index (χ2n) is 4.45. The lowest BCUT2D eigenvalue weighted by molar-refractivity contribution is 0.0601. The predicted molar refractivity (Wildman–Crippen MR) is 83.1 cm³/mol. The van der Waals surface area contributed by atoms with Crippen LogP contribution in [0.25, 0.3) is 0 Å². The van der Waals surface area contributed by atoms with Crippen LogP contribution < -0.4 is 10.5 Å². The molecule has 0 aliphatic carbocycles. The molecule has 5 heteroatoms. The summed E-state index contributed by atoms with van der Waals surface area (Å²) in [6, 6.07) is 10.3. The third kappa shape index (κ3) is 3.47. The van der Waals surface area contributed by atoms with Crippen molar-refractivity contribution in [2.45, 2.75) is 13.3 Å². The van der Waals surface area contributed by atoms with Crippen LogP contribution in [-0.2, 0) is 11.2 Å². The maximum Gasteiger partial charge on any atom is 0.340 e. The number of nitrogen functional groups attached to an aromatic ring is 1. The summed E-state index contributed by atoms with van der Waals surface area (Å²) in [7, 11) is 1.31. The zero-order valence-electron chi connectivity index (χ0n) is 11.9. The molecule has 0 heterocycles. The number of nitrogens with two attached hydrogens (primary N) is 1. The number of methoxy groups -OCH3 is 1. The number of rotatable bonds is 4. The summed E-state index contributed by atoms with van der Waals surface area (Å²) in [5.41, 5.74) is 7.37. The quantitative estimate of drug-likeness (QED) is 0.683. The van der Waals surface area contributed by atoms with Gasteiger partial charge in [0.15, 0.2) is 0 Å². The molecule has 0 unspecified atom stereocenters. The Morgan fingerprint density at radius 2 is 1.86 bits per heavy atom. The van der Waals surface area contributed by atoms with Crippen molar-refractivity contribution in [3.05, 3.63) is 52.5 Å². The Bertz CT molecular complexity index is 671. The number of esters is 1. The predicted octanol–water partition coefficient (Wildman–Crippen LogP) is 4.06. The van der Waals surface area contributed by atoms with Crippen LogP contribution in [0.15, 0.2) is 36.4 Å². The smallest absolute Gasteiger partial charge is 0.340 e. The highest BCUT2D eigenvalue weighted by molar-refractivity contribution is 6.31. The van der Waals surface area contributed by atoms with E-state index >= 15 is 0 Å². The molecule has 110 valence electrons. The molecule has 2 N–H and O–H groups in total. The Hall–Kier alpha value is -2.20. The minimum atomic E-state index is -0.497. The SMILES string of the molecule is CCc1cc(Oc2ccc(N)c(C(=O)OC)c2)ccc1Cl. The van der Waals surface area contributed by atoms with E-state index in [1.807, 2.05) is 13.0 Å². The lowest BCUT2D eigenvalue weighted by Gasteiger charge is -2.10. The van der Waals surface area contributed by atoms with Crippen molar-refractivity contribution in [2.75, 3.05) is 12.8 Å². The fraction of sp³-hybridized carbons (Fsp3) is 0.188. The Labute approximate surface area is 128 Å². The number of carbonyl (C=O) groups is 1. The van der Waals surface area contributed by atoms with E-state index < -0.39 is 5.97 Å². The van der Waals surface area contributed by atoms with Crippen LogP contribution in [-0.4, -0.2) is 13.1 Å². The van der Waals surface area contributed by atoms with E-state index in [2.05, 4.69) is 4.74 Å². The third-order valence-corrected chi connectivity index (χ3v) is 3.43. The summed E-state index contributed by atoms with van der Waals surface area (Å²) in [5, 5.41) is 0.706. The Kier molecular flexibility index (Phi) is 4.70.